The number of rotatable bonds is 7. The minimum absolute atomic E-state index is 0.117. The van der Waals surface area contributed by atoms with E-state index in [9.17, 15) is 14.4 Å². The lowest BCUT2D eigenvalue weighted by Crippen LogP contribution is -2.25. The molecule has 7 rings (SSSR count). The predicted octanol–water partition coefficient (Wildman–Crippen LogP) is 7.14. The van der Waals surface area contributed by atoms with Gasteiger partial charge in [0.1, 0.15) is 17.4 Å². The summed E-state index contributed by atoms with van der Waals surface area (Å²) in [6.07, 6.45) is 0.423. The van der Waals surface area contributed by atoms with Gasteiger partial charge < -0.3 is 14.2 Å². The number of anilines is 1. The molecule has 1 unspecified atom stereocenters. The quantitative estimate of drug-likeness (QED) is 0.188. The molecular weight excluding hydrogens is 597 g/mol. The lowest BCUT2D eigenvalue weighted by atomic mass is 9.90. The zero-order chi connectivity index (χ0) is 32.7. The topological polar surface area (TPSA) is 113 Å². The van der Waals surface area contributed by atoms with Crippen molar-refractivity contribution in [3.05, 3.63) is 124 Å². The summed E-state index contributed by atoms with van der Waals surface area (Å²) in [7, 11) is 4.63. The van der Waals surface area contributed by atoms with Crippen molar-refractivity contribution < 1.29 is 18.6 Å². The molecule has 0 bridgehead atoms. The molecule has 232 valence electrons. The van der Waals surface area contributed by atoms with Gasteiger partial charge in [0.05, 0.1) is 38.8 Å². The molecule has 1 N–H and O–H groups in total. The molecule has 5 aromatic carbocycles. The Morgan fingerprint density at radius 2 is 1.49 bits per heavy atom. The van der Waals surface area contributed by atoms with Crippen LogP contribution in [0.25, 0.3) is 32.8 Å². The van der Waals surface area contributed by atoms with Crippen LogP contribution in [-0.4, -0.2) is 37.0 Å². The summed E-state index contributed by atoms with van der Waals surface area (Å²) < 4.78 is 30.8. The van der Waals surface area contributed by atoms with Crippen LogP contribution in [-0.2, 0) is 0 Å². The molecule has 10 heteroatoms. The van der Waals surface area contributed by atoms with Crippen molar-refractivity contribution >= 4 is 33.2 Å². The van der Waals surface area contributed by atoms with Crippen LogP contribution in [0, 0.1) is 17.1 Å². The number of H-pyrrole nitrogens is 1. The first-order chi connectivity index (χ1) is 22.9. The lowest BCUT2D eigenvalue weighted by Gasteiger charge is -2.24. The average Bonchev–Trinajstić information content (AvgIpc) is 3.55. The highest BCUT2D eigenvalue weighted by Crippen LogP contribution is 2.45. The molecule has 1 atom stereocenters. The normalized spacial score (nSPS) is 14.2. The van der Waals surface area contributed by atoms with Crippen LogP contribution in [0.3, 0.4) is 0 Å². The molecule has 0 saturated heterocycles. The fraction of sp³-hybridized carbons (Fsp3) is 0.135. The van der Waals surface area contributed by atoms with Crippen molar-refractivity contribution in [2.75, 3.05) is 26.3 Å². The molecule has 0 radical (unpaired) electrons. The van der Waals surface area contributed by atoms with E-state index in [0.717, 1.165) is 38.4 Å². The highest BCUT2D eigenvalue weighted by Gasteiger charge is 2.35. The first-order valence-electron chi connectivity index (χ1n) is 14.8. The number of halogens is 1. The van der Waals surface area contributed by atoms with Crippen molar-refractivity contribution in [2.45, 2.75) is 12.5 Å². The number of hydrogen-bond donors (Lipinski definition) is 1. The smallest absolute Gasteiger partial charge is 0.270 e. The second-order valence-corrected chi connectivity index (χ2v) is 11.0. The first-order valence-corrected chi connectivity index (χ1v) is 14.8. The van der Waals surface area contributed by atoms with Crippen LogP contribution in [0.2, 0.25) is 0 Å². The fourth-order valence-corrected chi connectivity index (χ4v) is 6.22. The molecule has 9 nitrogen and oxygen atoms in total. The van der Waals surface area contributed by atoms with Gasteiger partial charge in [-0.2, -0.15) is 10.4 Å². The fourth-order valence-electron chi connectivity index (χ4n) is 6.22. The highest BCUT2D eigenvalue weighted by molar-refractivity contribution is 6.21. The number of methoxy groups -OCH3 is 3. The zero-order valence-electron chi connectivity index (χ0n) is 25.7. The number of aromatic nitrogens is 2. The van der Waals surface area contributed by atoms with Crippen molar-refractivity contribution in [2.24, 2.45) is 5.10 Å². The molecule has 1 aliphatic heterocycles. The number of ether oxygens (including phenoxy) is 3. The van der Waals surface area contributed by atoms with Gasteiger partial charge >= 0.3 is 0 Å². The van der Waals surface area contributed by atoms with E-state index in [2.05, 4.69) is 35.3 Å². The van der Waals surface area contributed by atoms with E-state index >= 15 is 0 Å². The van der Waals surface area contributed by atoms with E-state index in [0.29, 0.717) is 29.2 Å². The minimum Gasteiger partial charge on any atom is -0.493 e. The molecule has 0 spiro atoms. The van der Waals surface area contributed by atoms with E-state index in [1.54, 1.807) is 19.2 Å². The first kappa shape index (κ1) is 29.5. The summed E-state index contributed by atoms with van der Waals surface area (Å²) in [5, 5.41) is 20.9. The van der Waals surface area contributed by atoms with Gasteiger partial charge in [0.25, 0.3) is 5.56 Å². The van der Waals surface area contributed by atoms with Crippen LogP contribution in [0.5, 0.6) is 17.2 Å². The maximum absolute atomic E-state index is 13.8. The van der Waals surface area contributed by atoms with E-state index < -0.39 is 17.4 Å². The molecular formula is C37H28FN5O4. The minimum atomic E-state index is -0.639. The summed E-state index contributed by atoms with van der Waals surface area (Å²) in [4.78, 5) is 20.9. The van der Waals surface area contributed by atoms with Crippen LogP contribution < -0.4 is 24.8 Å². The summed E-state index contributed by atoms with van der Waals surface area (Å²) in [6.45, 7) is 0. The second kappa shape index (κ2) is 11.9. The van der Waals surface area contributed by atoms with Gasteiger partial charge in [0.15, 0.2) is 11.5 Å². The van der Waals surface area contributed by atoms with Gasteiger partial charge in [-0.3, -0.25) is 9.78 Å². The zero-order valence-corrected chi connectivity index (χ0v) is 25.7. The lowest BCUT2D eigenvalue weighted by molar-refractivity contribution is 0.323. The monoisotopic (exact) mass is 625 g/mol. The number of benzene rings is 5. The number of fused-ring (bicyclic) bond motifs is 2. The Kier molecular flexibility index (Phi) is 7.50. The summed E-state index contributed by atoms with van der Waals surface area (Å²) in [5.41, 5.74) is 2.21. The molecule has 0 amide bonds. The van der Waals surface area contributed by atoms with Crippen molar-refractivity contribution in [3.63, 3.8) is 0 Å². The van der Waals surface area contributed by atoms with Crippen LogP contribution in [0.15, 0.2) is 101 Å². The van der Waals surface area contributed by atoms with Gasteiger partial charge in [-0.15, -0.1) is 0 Å². The number of nitrogens with one attached hydrogen (secondary N) is 1. The maximum Gasteiger partial charge on any atom is 0.270 e. The van der Waals surface area contributed by atoms with Gasteiger partial charge in [-0.25, -0.2) is 14.4 Å². The Labute approximate surface area is 269 Å². The predicted molar refractivity (Wildman–Crippen MR) is 179 cm³/mol. The van der Waals surface area contributed by atoms with Crippen molar-refractivity contribution in [3.8, 4) is 34.6 Å². The number of nitriles is 1. The van der Waals surface area contributed by atoms with Crippen LogP contribution >= 0.6 is 0 Å². The third-order valence-corrected chi connectivity index (χ3v) is 8.40. The summed E-state index contributed by atoms with van der Waals surface area (Å²) >= 11 is 0. The average molecular weight is 626 g/mol. The van der Waals surface area contributed by atoms with E-state index in [4.69, 9.17) is 24.3 Å². The van der Waals surface area contributed by atoms with Gasteiger partial charge in [-0.1, -0.05) is 48.5 Å². The number of aromatic amines is 1. The van der Waals surface area contributed by atoms with E-state index in [-0.39, 0.29) is 17.2 Å². The number of nitrogens with zero attached hydrogens (tertiary/aromatic N) is 4. The Morgan fingerprint density at radius 3 is 2.06 bits per heavy atom. The molecule has 0 saturated carbocycles. The van der Waals surface area contributed by atoms with Crippen LogP contribution in [0.4, 0.5) is 10.3 Å². The third-order valence-electron chi connectivity index (χ3n) is 8.40. The number of hydrogen-bond acceptors (Lipinski definition) is 8. The maximum atomic E-state index is 13.8. The second-order valence-electron chi connectivity index (χ2n) is 11.0. The molecule has 0 aliphatic carbocycles. The Balaban J connectivity index is 1.49. The van der Waals surface area contributed by atoms with Gasteiger partial charge in [0.2, 0.25) is 11.7 Å². The molecule has 47 heavy (non-hydrogen) atoms. The molecule has 1 aliphatic rings. The SMILES string of the molecule is COc1cc(C2CC(c3c4ccccc4cc4ccccc34)=NN2c2nc(-c3ccc(F)cc3)c(C#N)c(=O)[nH]2)cc(OC)c1OC. The molecule has 0 fully saturated rings. The van der Waals surface area contributed by atoms with Crippen molar-refractivity contribution in [1.29, 1.82) is 5.26 Å². The number of hydrazone groups is 1. The third kappa shape index (κ3) is 5.08. The Bertz CT molecular complexity index is 2230. The van der Waals surface area contributed by atoms with E-state index in [1.807, 2.05) is 42.5 Å². The summed E-state index contributed by atoms with van der Waals surface area (Å²) in [6, 6.07) is 29.1. The Hall–Kier alpha value is -6.21. The Morgan fingerprint density at radius 1 is 0.872 bits per heavy atom. The van der Waals surface area contributed by atoms with Crippen molar-refractivity contribution in [1.82, 2.24) is 9.97 Å². The molecule has 2 heterocycles. The van der Waals surface area contributed by atoms with Crippen LogP contribution in [0.1, 0.15) is 29.2 Å². The molecule has 1 aromatic heterocycles. The van der Waals surface area contributed by atoms with Gasteiger partial charge in [0, 0.05) is 17.5 Å². The standard InChI is InChI=1S/C37H28FN5O4/c1-45-31-17-24(18-32(46-2)35(31)47-3)30-19-29(33-26-10-6-4-8-22(26)16-23-9-5-7-11-27(23)33)42-43(30)37-40-34(28(20-39)36(44)41-37)21-12-14-25(38)15-13-21/h4-18,30H,19H2,1-3H3,(H,40,41,44). The largest absolute Gasteiger partial charge is 0.493 e. The van der Waals surface area contributed by atoms with Gasteiger partial charge in [-0.05, 0) is 69.6 Å². The van der Waals surface area contributed by atoms with E-state index in [1.165, 1.54) is 31.4 Å². The highest BCUT2D eigenvalue weighted by atomic mass is 19.1. The molecule has 6 aromatic rings. The summed E-state index contributed by atoms with van der Waals surface area (Å²) in [5.74, 6) is 1.02.